The van der Waals surface area contributed by atoms with Crippen LogP contribution in [0.2, 0.25) is 0 Å². The zero-order valence-corrected chi connectivity index (χ0v) is 12.8. The molecule has 3 heterocycles. The van der Waals surface area contributed by atoms with Crippen molar-refractivity contribution in [1.82, 2.24) is 9.88 Å². The molecule has 1 amide bonds. The lowest BCUT2D eigenvalue weighted by Gasteiger charge is -2.30. The van der Waals surface area contributed by atoms with Gasteiger partial charge in [0.1, 0.15) is 6.10 Å². The number of nitrogens with zero attached hydrogens (tertiary/aromatic N) is 2. The number of carbonyl (C=O) groups excluding carboxylic acids is 1. The van der Waals surface area contributed by atoms with Crippen LogP contribution < -0.4 is 4.74 Å². The lowest BCUT2D eigenvalue weighted by Crippen LogP contribution is -2.42. The summed E-state index contributed by atoms with van der Waals surface area (Å²) in [6.45, 7) is 2.04. The predicted molar refractivity (Wildman–Crippen MR) is 80.4 cm³/mol. The molecule has 2 saturated heterocycles. The van der Waals surface area contributed by atoms with Crippen molar-refractivity contribution < 1.29 is 24.2 Å². The van der Waals surface area contributed by atoms with E-state index in [1.807, 2.05) is 0 Å². The van der Waals surface area contributed by atoms with Crippen LogP contribution in [0.25, 0.3) is 0 Å². The number of aliphatic carboxylic acids is 1. The highest BCUT2D eigenvalue weighted by Crippen LogP contribution is 2.21. The van der Waals surface area contributed by atoms with Crippen molar-refractivity contribution in [3.63, 3.8) is 0 Å². The molecule has 2 aliphatic rings. The minimum Gasteiger partial charge on any atom is -0.481 e. The van der Waals surface area contributed by atoms with E-state index in [4.69, 9.17) is 14.6 Å². The van der Waals surface area contributed by atoms with E-state index < -0.39 is 11.9 Å². The Balaban J connectivity index is 1.67. The Morgan fingerprint density at radius 2 is 2.26 bits per heavy atom. The Hall–Kier alpha value is -2.15. The molecule has 0 spiro atoms. The fourth-order valence-corrected chi connectivity index (χ4v) is 2.93. The summed E-state index contributed by atoms with van der Waals surface area (Å²) in [5.74, 6) is -1.10. The second-order valence-electron chi connectivity index (χ2n) is 5.91. The van der Waals surface area contributed by atoms with E-state index >= 15 is 0 Å². The van der Waals surface area contributed by atoms with Gasteiger partial charge in [0.05, 0.1) is 19.1 Å². The first-order chi connectivity index (χ1) is 11.1. The largest absolute Gasteiger partial charge is 0.481 e. The summed E-state index contributed by atoms with van der Waals surface area (Å²) in [4.78, 5) is 29.4. The van der Waals surface area contributed by atoms with Crippen LogP contribution in [-0.2, 0) is 9.53 Å². The van der Waals surface area contributed by atoms with Gasteiger partial charge in [-0.1, -0.05) is 0 Å². The Bertz CT molecular complexity index is 586. The third kappa shape index (κ3) is 3.79. The second kappa shape index (κ2) is 6.95. The summed E-state index contributed by atoms with van der Waals surface area (Å²) in [5.41, 5.74) is 0.472. The van der Waals surface area contributed by atoms with Crippen LogP contribution in [0.5, 0.6) is 5.88 Å². The van der Waals surface area contributed by atoms with E-state index in [-0.39, 0.29) is 18.6 Å². The molecule has 2 fully saturated rings. The molecule has 124 valence electrons. The maximum atomic E-state index is 12.6. The predicted octanol–water partition coefficient (Wildman–Crippen LogP) is 1.19. The number of hydrogen-bond donors (Lipinski definition) is 1. The minimum atomic E-state index is -0.845. The maximum absolute atomic E-state index is 12.6. The van der Waals surface area contributed by atoms with E-state index in [9.17, 15) is 9.59 Å². The van der Waals surface area contributed by atoms with Gasteiger partial charge in [0.2, 0.25) is 5.88 Å². The number of carboxylic acids is 1. The first kappa shape index (κ1) is 15.7. The third-order valence-corrected chi connectivity index (χ3v) is 4.21. The van der Waals surface area contributed by atoms with Crippen molar-refractivity contribution >= 4 is 11.9 Å². The van der Waals surface area contributed by atoms with Gasteiger partial charge in [0, 0.05) is 37.3 Å². The lowest BCUT2D eigenvalue weighted by molar-refractivity contribution is -0.143. The average molecular weight is 320 g/mol. The Morgan fingerprint density at radius 1 is 1.39 bits per heavy atom. The summed E-state index contributed by atoms with van der Waals surface area (Å²) >= 11 is 0. The molecular formula is C16H20N2O5. The molecular weight excluding hydrogens is 300 g/mol. The number of amides is 1. The van der Waals surface area contributed by atoms with E-state index in [0.717, 1.165) is 6.42 Å². The van der Waals surface area contributed by atoms with Crippen molar-refractivity contribution in [2.75, 3.05) is 26.3 Å². The number of aromatic nitrogens is 1. The van der Waals surface area contributed by atoms with Crippen molar-refractivity contribution in [2.45, 2.75) is 25.4 Å². The Kier molecular flexibility index (Phi) is 4.76. The van der Waals surface area contributed by atoms with Crippen LogP contribution in [0.1, 0.15) is 29.6 Å². The molecule has 23 heavy (non-hydrogen) atoms. The minimum absolute atomic E-state index is 0.0285. The second-order valence-corrected chi connectivity index (χ2v) is 5.91. The molecule has 3 rings (SSSR count). The normalized spacial score (nSPS) is 24.4. The molecule has 0 saturated carbocycles. The van der Waals surface area contributed by atoms with E-state index in [1.165, 1.54) is 6.20 Å². The monoisotopic (exact) mass is 320 g/mol. The van der Waals surface area contributed by atoms with Gasteiger partial charge in [-0.15, -0.1) is 0 Å². The fourth-order valence-electron chi connectivity index (χ4n) is 2.93. The van der Waals surface area contributed by atoms with E-state index in [2.05, 4.69) is 4.98 Å². The highest BCUT2D eigenvalue weighted by atomic mass is 16.5. The smallest absolute Gasteiger partial charge is 0.308 e. The Morgan fingerprint density at radius 3 is 3.00 bits per heavy atom. The van der Waals surface area contributed by atoms with Gasteiger partial charge >= 0.3 is 5.97 Å². The first-order valence-electron chi connectivity index (χ1n) is 7.86. The summed E-state index contributed by atoms with van der Waals surface area (Å²) in [5, 5.41) is 9.13. The van der Waals surface area contributed by atoms with Gasteiger partial charge in [-0.3, -0.25) is 9.59 Å². The molecule has 2 aliphatic heterocycles. The first-order valence-corrected chi connectivity index (χ1v) is 7.86. The molecule has 2 atom stereocenters. The number of carbonyl (C=O) groups is 2. The number of rotatable bonds is 4. The molecule has 1 N–H and O–H groups in total. The molecule has 0 aliphatic carbocycles. The van der Waals surface area contributed by atoms with Crippen molar-refractivity contribution in [1.29, 1.82) is 0 Å². The SMILES string of the molecule is O=C(O)C1CCCN(C(=O)c2ccnc(OC3CCOC3)c2)C1. The number of ether oxygens (including phenoxy) is 2. The molecule has 7 heteroatoms. The number of pyridine rings is 1. The van der Waals surface area contributed by atoms with Crippen molar-refractivity contribution in [2.24, 2.45) is 5.92 Å². The van der Waals surface area contributed by atoms with Gasteiger partial charge in [0.15, 0.2) is 0 Å². The van der Waals surface area contributed by atoms with Crippen molar-refractivity contribution in [3.8, 4) is 5.88 Å². The molecule has 1 aromatic rings. The molecule has 0 aromatic carbocycles. The van der Waals surface area contributed by atoms with Gasteiger partial charge < -0.3 is 19.5 Å². The highest BCUT2D eigenvalue weighted by Gasteiger charge is 2.29. The maximum Gasteiger partial charge on any atom is 0.308 e. The summed E-state index contributed by atoms with van der Waals surface area (Å²) in [7, 11) is 0. The van der Waals surface area contributed by atoms with Crippen LogP contribution in [0, 0.1) is 5.92 Å². The fraction of sp³-hybridized carbons (Fsp3) is 0.562. The topological polar surface area (TPSA) is 89.0 Å². The summed E-state index contributed by atoms with van der Waals surface area (Å²) in [6.07, 6.45) is 3.64. The Labute approximate surface area is 134 Å². The van der Waals surface area contributed by atoms with Crippen LogP contribution >= 0.6 is 0 Å². The molecule has 0 radical (unpaired) electrons. The summed E-state index contributed by atoms with van der Waals surface area (Å²) in [6, 6.07) is 3.25. The lowest BCUT2D eigenvalue weighted by atomic mass is 9.98. The number of carboxylic acid groups (broad SMARTS) is 1. The van der Waals surface area contributed by atoms with E-state index in [1.54, 1.807) is 17.0 Å². The van der Waals surface area contributed by atoms with Crippen LogP contribution in [0.3, 0.4) is 0 Å². The van der Waals surface area contributed by atoms with E-state index in [0.29, 0.717) is 44.0 Å². The van der Waals surface area contributed by atoms with Crippen molar-refractivity contribution in [3.05, 3.63) is 23.9 Å². The zero-order valence-electron chi connectivity index (χ0n) is 12.8. The van der Waals surface area contributed by atoms with Gasteiger partial charge in [-0.2, -0.15) is 0 Å². The van der Waals surface area contributed by atoms with Crippen LogP contribution in [0.4, 0.5) is 0 Å². The molecule has 1 aromatic heterocycles. The van der Waals surface area contributed by atoms with Gasteiger partial charge in [0.25, 0.3) is 5.91 Å². The number of likely N-dealkylation sites (tertiary alicyclic amines) is 1. The van der Waals surface area contributed by atoms with Gasteiger partial charge in [-0.25, -0.2) is 4.98 Å². The quantitative estimate of drug-likeness (QED) is 0.896. The molecule has 7 nitrogen and oxygen atoms in total. The highest BCUT2D eigenvalue weighted by molar-refractivity contribution is 5.94. The third-order valence-electron chi connectivity index (χ3n) is 4.21. The standard InChI is InChI=1S/C16H20N2O5/c19-15(18-6-1-2-12(9-18)16(20)21)11-3-5-17-14(8-11)23-13-4-7-22-10-13/h3,5,8,12-13H,1-2,4,6-7,9-10H2,(H,20,21). The zero-order chi connectivity index (χ0) is 16.2. The molecule has 0 bridgehead atoms. The van der Waals surface area contributed by atoms with Crippen LogP contribution in [0.15, 0.2) is 18.3 Å². The summed E-state index contributed by atoms with van der Waals surface area (Å²) < 4.78 is 11.0. The van der Waals surface area contributed by atoms with Gasteiger partial charge in [-0.05, 0) is 18.9 Å². The number of piperidine rings is 1. The number of hydrogen-bond acceptors (Lipinski definition) is 5. The average Bonchev–Trinajstić information content (AvgIpc) is 3.07. The van der Waals surface area contributed by atoms with Crippen LogP contribution in [-0.4, -0.2) is 59.3 Å². The molecule has 2 unspecified atom stereocenters.